The first-order valence-electron chi connectivity index (χ1n) is 14.5. The molecule has 1 aliphatic heterocycles. The Balaban J connectivity index is 1.37. The Morgan fingerprint density at radius 3 is 2.35 bits per heavy atom. The summed E-state index contributed by atoms with van der Waals surface area (Å²) in [5.41, 5.74) is 1.05. The van der Waals surface area contributed by atoms with Gasteiger partial charge in [-0.2, -0.15) is 17.5 Å². The summed E-state index contributed by atoms with van der Waals surface area (Å²) in [7, 11) is -4.07. The van der Waals surface area contributed by atoms with Crippen LogP contribution in [0.4, 0.5) is 23.5 Å². The lowest BCUT2D eigenvalue weighted by atomic mass is 10.1. The Morgan fingerprint density at radius 1 is 1.00 bits per heavy atom. The second-order valence-electron chi connectivity index (χ2n) is 10.8. The normalized spacial score (nSPS) is 16.2. The lowest BCUT2D eigenvalue weighted by Gasteiger charge is -2.23. The van der Waals surface area contributed by atoms with Gasteiger partial charge >= 0.3 is 6.18 Å². The number of anilines is 1. The highest BCUT2D eigenvalue weighted by Crippen LogP contribution is 2.31. The number of aromatic nitrogens is 2. The van der Waals surface area contributed by atoms with Gasteiger partial charge in [0.2, 0.25) is 21.9 Å². The Bertz CT molecular complexity index is 1760. The second-order valence-corrected chi connectivity index (χ2v) is 12.7. The van der Waals surface area contributed by atoms with E-state index in [9.17, 15) is 35.9 Å². The van der Waals surface area contributed by atoms with E-state index in [2.05, 4.69) is 20.6 Å². The largest absolute Gasteiger partial charge is 0.416 e. The lowest BCUT2D eigenvalue weighted by molar-refractivity contribution is -0.137. The molecule has 1 fully saturated rings. The molecule has 9 nitrogen and oxygen atoms in total. The SMILES string of the molecule is O=C(NCc1cc(-c2ccc(C(F)(F)F)cc2)nc(N[C@@H](CO)Cc2ccccc2)n1)[C@@H]1CCCN1S(=O)(=O)c1ccc(F)cc1. The fraction of sp³-hybridized carbons (Fsp3) is 0.281. The van der Waals surface area contributed by atoms with Gasteiger partial charge in [0.25, 0.3) is 0 Å². The molecule has 2 heterocycles. The van der Waals surface area contributed by atoms with Crippen LogP contribution in [0.2, 0.25) is 0 Å². The predicted molar refractivity (Wildman–Crippen MR) is 162 cm³/mol. The number of rotatable bonds is 11. The first kappa shape index (κ1) is 33.0. The molecule has 46 heavy (non-hydrogen) atoms. The van der Waals surface area contributed by atoms with Crippen molar-refractivity contribution in [2.24, 2.45) is 0 Å². The van der Waals surface area contributed by atoms with Crippen LogP contribution in [-0.2, 0) is 34.0 Å². The number of sulfonamides is 1. The predicted octanol–water partition coefficient (Wildman–Crippen LogP) is 4.79. The number of hydrogen-bond acceptors (Lipinski definition) is 7. The minimum absolute atomic E-state index is 0.0815. The number of carbonyl (C=O) groups is 1. The Kier molecular flexibility index (Phi) is 9.99. The molecule has 5 rings (SSSR count). The standard InChI is InChI=1S/C32H31F4N5O4S/c33-24-12-14-27(15-13-24)46(44,45)41-16-4-7-29(41)30(43)37-19-25-18-28(22-8-10-23(11-9-22)32(34,35)36)40-31(38-25)39-26(20-42)17-21-5-2-1-3-6-21/h1-3,5-6,8-15,18,26,29,42H,4,7,16-17,19-20H2,(H,37,43)(H,38,39,40)/t26-,29+/m1/s1. The molecule has 1 amide bonds. The van der Waals surface area contributed by atoms with Gasteiger partial charge in [-0.05, 0) is 67.3 Å². The maximum absolute atomic E-state index is 13.4. The van der Waals surface area contributed by atoms with Crippen molar-refractivity contribution in [1.82, 2.24) is 19.6 Å². The van der Waals surface area contributed by atoms with Gasteiger partial charge in [-0.25, -0.2) is 22.8 Å². The van der Waals surface area contributed by atoms with E-state index in [0.717, 1.165) is 46.3 Å². The molecule has 1 aromatic heterocycles. The third-order valence-electron chi connectivity index (χ3n) is 7.54. The van der Waals surface area contributed by atoms with Crippen molar-refractivity contribution in [1.29, 1.82) is 0 Å². The van der Waals surface area contributed by atoms with E-state index in [4.69, 9.17) is 0 Å². The fourth-order valence-electron chi connectivity index (χ4n) is 5.20. The van der Waals surface area contributed by atoms with Crippen molar-refractivity contribution < 1.29 is 35.9 Å². The molecule has 0 aliphatic carbocycles. The third kappa shape index (κ3) is 7.87. The van der Waals surface area contributed by atoms with Crippen LogP contribution in [0, 0.1) is 5.82 Å². The average Bonchev–Trinajstić information content (AvgIpc) is 3.55. The van der Waals surface area contributed by atoms with Crippen LogP contribution in [0.25, 0.3) is 11.3 Å². The lowest BCUT2D eigenvalue weighted by Crippen LogP contribution is -2.45. The van der Waals surface area contributed by atoms with Gasteiger partial charge in [0, 0.05) is 12.1 Å². The summed E-state index contributed by atoms with van der Waals surface area (Å²) in [5, 5.41) is 15.8. The second kappa shape index (κ2) is 13.9. The smallest absolute Gasteiger partial charge is 0.394 e. The fourth-order valence-corrected chi connectivity index (χ4v) is 6.86. The van der Waals surface area contributed by atoms with E-state index in [-0.39, 0.29) is 42.7 Å². The summed E-state index contributed by atoms with van der Waals surface area (Å²) in [6, 6.07) is 18.2. The quantitative estimate of drug-likeness (QED) is 0.198. The van der Waals surface area contributed by atoms with E-state index in [1.54, 1.807) is 0 Å². The average molecular weight is 658 g/mol. The molecule has 1 saturated heterocycles. The zero-order valence-corrected chi connectivity index (χ0v) is 25.2. The molecule has 14 heteroatoms. The van der Waals surface area contributed by atoms with Crippen LogP contribution < -0.4 is 10.6 Å². The van der Waals surface area contributed by atoms with Crippen LogP contribution in [-0.4, -0.2) is 58.9 Å². The molecular formula is C32H31F4N5O4S. The number of amides is 1. The monoisotopic (exact) mass is 657 g/mol. The molecule has 2 atom stereocenters. The highest BCUT2D eigenvalue weighted by molar-refractivity contribution is 7.89. The maximum Gasteiger partial charge on any atom is 0.416 e. The van der Waals surface area contributed by atoms with Crippen molar-refractivity contribution >= 4 is 21.9 Å². The summed E-state index contributed by atoms with van der Waals surface area (Å²) >= 11 is 0. The minimum atomic E-state index is -4.52. The van der Waals surface area contributed by atoms with Gasteiger partial charge < -0.3 is 15.7 Å². The zero-order valence-electron chi connectivity index (χ0n) is 24.4. The molecule has 0 saturated carbocycles. The molecule has 0 unspecified atom stereocenters. The maximum atomic E-state index is 13.4. The van der Waals surface area contributed by atoms with Crippen LogP contribution in [0.3, 0.4) is 0 Å². The van der Waals surface area contributed by atoms with Crippen LogP contribution >= 0.6 is 0 Å². The van der Waals surface area contributed by atoms with Crippen molar-refractivity contribution in [2.75, 3.05) is 18.5 Å². The highest BCUT2D eigenvalue weighted by atomic mass is 32.2. The van der Waals surface area contributed by atoms with E-state index in [0.29, 0.717) is 24.1 Å². The number of nitrogens with zero attached hydrogens (tertiary/aromatic N) is 3. The molecule has 1 aliphatic rings. The van der Waals surface area contributed by atoms with E-state index >= 15 is 0 Å². The van der Waals surface area contributed by atoms with Gasteiger partial charge in [-0.3, -0.25) is 4.79 Å². The number of aliphatic hydroxyl groups is 1. The number of carbonyl (C=O) groups excluding carboxylic acids is 1. The molecule has 0 spiro atoms. The van der Waals surface area contributed by atoms with Crippen molar-refractivity contribution in [2.45, 2.75) is 49.0 Å². The summed E-state index contributed by atoms with van der Waals surface area (Å²) < 4.78 is 80.5. The number of alkyl halides is 3. The van der Waals surface area contributed by atoms with Gasteiger partial charge in [0.15, 0.2) is 0 Å². The van der Waals surface area contributed by atoms with Crippen molar-refractivity contribution in [3.05, 3.63) is 108 Å². The third-order valence-corrected chi connectivity index (χ3v) is 9.46. The Labute approximate surface area is 263 Å². The zero-order chi connectivity index (χ0) is 32.9. The summed E-state index contributed by atoms with van der Waals surface area (Å²) in [4.78, 5) is 22.1. The van der Waals surface area contributed by atoms with Gasteiger partial charge in [-0.15, -0.1) is 0 Å². The number of hydrogen-bond donors (Lipinski definition) is 3. The number of aliphatic hydroxyl groups excluding tert-OH is 1. The number of nitrogens with one attached hydrogen (secondary N) is 2. The number of benzene rings is 3. The number of halogens is 4. The minimum Gasteiger partial charge on any atom is -0.394 e. The molecule has 242 valence electrons. The molecule has 3 N–H and O–H groups in total. The van der Waals surface area contributed by atoms with Crippen LogP contribution in [0.5, 0.6) is 0 Å². The van der Waals surface area contributed by atoms with Gasteiger partial charge in [0.1, 0.15) is 11.9 Å². The molecule has 3 aromatic carbocycles. The van der Waals surface area contributed by atoms with Crippen LogP contribution in [0.15, 0.2) is 89.8 Å². The molecule has 0 bridgehead atoms. The summed E-state index contributed by atoms with van der Waals surface area (Å²) in [6.45, 7) is -0.302. The Hall–Kier alpha value is -4.40. The van der Waals surface area contributed by atoms with E-state index < -0.39 is 45.6 Å². The first-order valence-corrected chi connectivity index (χ1v) is 15.9. The van der Waals surface area contributed by atoms with Crippen molar-refractivity contribution in [3.63, 3.8) is 0 Å². The van der Waals surface area contributed by atoms with Crippen LogP contribution in [0.1, 0.15) is 29.7 Å². The highest BCUT2D eigenvalue weighted by Gasteiger charge is 2.39. The first-order chi connectivity index (χ1) is 21.9. The topological polar surface area (TPSA) is 125 Å². The van der Waals surface area contributed by atoms with Gasteiger partial charge in [0.05, 0.1) is 41.0 Å². The van der Waals surface area contributed by atoms with E-state index in [1.807, 2.05) is 30.3 Å². The molecule has 0 radical (unpaired) electrons. The summed E-state index contributed by atoms with van der Waals surface area (Å²) in [6.07, 6.45) is -3.37. The van der Waals surface area contributed by atoms with Gasteiger partial charge in [-0.1, -0.05) is 42.5 Å². The molecular weight excluding hydrogens is 626 g/mol. The Morgan fingerprint density at radius 2 is 1.70 bits per heavy atom. The molecule has 4 aromatic rings. The summed E-state index contributed by atoms with van der Waals surface area (Å²) in [5.74, 6) is -1.07. The van der Waals surface area contributed by atoms with Crippen molar-refractivity contribution in [3.8, 4) is 11.3 Å². The van der Waals surface area contributed by atoms with E-state index in [1.165, 1.54) is 18.2 Å².